The third-order valence-electron chi connectivity index (χ3n) is 5.07. The second kappa shape index (κ2) is 6.82. The summed E-state index contributed by atoms with van der Waals surface area (Å²) in [4.78, 5) is 30.6. The zero-order valence-corrected chi connectivity index (χ0v) is 16.5. The zero-order valence-electron chi connectivity index (χ0n) is 16.5. The Morgan fingerprint density at radius 3 is 2.57 bits per heavy atom. The Kier molecular flexibility index (Phi) is 4.46. The van der Waals surface area contributed by atoms with Gasteiger partial charge in [-0.25, -0.2) is 0 Å². The van der Waals surface area contributed by atoms with Crippen LogP contribution in [0.5, 0.6) is 0 Å². The van der Waals surface area contributed by atoms with Crippen molar-refractivity contribution >= 4 is 22.7 Å². The maximum Gasteiger partial charge on any atom is 0.255 e. The number of nitrogens with one attached hydrogen (secondary N) is 2. The first-order valence-electron chi connectivity index (χ1n) is 9.62. The number of amides is 2. The highest BCUT2D eigenvalue weighted by atomic mass is 16.2. The van der Waals surface area contributed by atoms with Crippen molar-refractivity contribution in [2.45, 2.75) is 38.8 Å². The van der Waals surface area contributed by atoms with Crippen LogP contribution in [0.2, 0.25) is 0 Å². The van der Waals surface area contributed by atoms with E-state index in [1.807, 2.05) is 74.3 Å². The average Bonchev–Trinajstić information content (AvgIpc) is 3.18. The van der Waals surface area contributed by atoms with Crippen LogP contribution in [-0.4, -0.2) is 33.8 Å². The summed E-state index contributed by atoms with van der Waals surface area (Å²) in [6, 6.07) is 15.6. The predicted molar refractivity (Wildman–Crippen MR) is 110 cm³/mol. The lowest BCUT2D eigenvalue weighted by Crippen LogP contribution is -2.42. The third kappa shape index (κ3) is 3.28. The minimum absolute atomic E-state index is 0.0190. The van der Waals surface area contributed by atoms with Crippen LogP contribution in [0.4, 0.5) is 0 Å². The number of aromatic nitrogens is 1. The highest BCUT2D eigenvalue weighted by Crippen LogP contribution is 2.41. The van der Waals surface area contributed by atoms with Gasteiger partial charge in [0, 0.05) is 46.7 Å². The van der Waals surface area contributed by atoms with Gasteiger partial charge < -0.3 is 15.2 Å². The molecule has 0 fully saturated rings. The van der Waals surface area contributed by atoms with Crippen LogP contribution in [0.1, 0.15) is 54.7 Å². The molecular weight excluding hydrogens is 350 g/mol. The lowest BCUT2D eigenvalue weighted by molar-refractivity contribution is -0.122. The fourth-order valence-corrected chi connectivity index (χ4v) is 3.96. The minimum atomic E-state index is -0.286. The monoisotopic (exact) mass is 375 g/mol. The zero-order chi connectivity index (χ0) is 19.9. The van der Waals surface area contributed by atoms with Crippen molar-refractivity contribution in [1.29, 1.82) is 0 Å². The molecule has 28 heavy (non-hydrogen) atoms. The maximum absolute atomic E-state index is 13.1. The van der Waals surface area contributed by atoms with Crippen molar-refractivity contribution in [1.82, 2.24) is 15.2 Å². The molecule has 5 heteroatoms. The Morgan fingerprint density at radius 1 is 1.07 bits per heavy atom. The molecule has 0 spiro atoms. The summed E-state index contributed by atoms with van der Waals surface area (Å²) in [6.07, 6.45) is 2.25. The van der Waals surface area contributed by atoms with Gasteiger partial charge in [0.15, 0.2) is 0 Å². The van der Waals surface area contributed by atoms with E-state index in [0.717, 1.165) is 22.0 Å². The van der Waals surface area contributed by atoms with Crippen molar-refractivity contribution < 1.29 is 9.59 Å². The summed E-state index contributed by atoms with van der Waals surface area (Å²) in [5.41, 5.74) is 3.53. The summed E-state index contributed by atoms with van der Waals surface area (Å²) in [7, 11) is 0. The van der Waals surface area contributed by atoms with Gasteiger partial charge in [-0.1, -0.05) is 36.4 Å². The lowest BCUT2D eigenvalue weighted by atomic mass is 9.97. The van der Waals surface area contributed by atoms with Crippen LogP contribution in [0.25, 0.3) is 10.9 Å². The SMILES string of the molecule is CC(C)(C)NC(=O)CCN1C(=O)c2ccccc2C1c1c[nH]c2ccccc12. The number of fused-ring (bicyclic) bond motifs is 2. The Hall–Kier alpha value is -3.08. The Morgan fingerprint density at radius 2 is 1.79 bits per heavy atom. The van der Waals surface area contributed by atoms with Gasteiger partial charge in [-0.05, 0) is 38.5 Å². The van der Waals surface area contributed by atoms with Crippen molar-refractivity contribution in [3.05, 3.63) is 71.4 Å². The molecule has 2 heterocycles. The van der Waals surface area contributed by atoms with Gasteiger partial charge in [-0.3, -0.25) is 9.59 Å². The van der Waals surface area contributed by atoms with Gasteiger partial charge in [-0.15, -0.1) is 0 Å². The van der Waals surface area contributed by atoms with Crippen LogP contribution in [0.3, 0.4) is 0 Å². The Bertz CT molecular complexity index is 1050. The summed E-state index contributed by atoms with van der Waals surface area (Å²) in [5, 5.41) is 4.07. The van der Waals surface area contributed by atoms with Gasteiger partial charge in [0.05, 0.1) is 6.04 Å². The van der Waals surface area contributed by atoms with Crippen molar-refractivity contribution in [2.75, 3.05) is 6.54 Å². The molecule has 0 radical (unpaired) electrons. The first-order chi connectivity index (χ1) is 13.3. The normalized spacial score (nSPS) is 16.5. The molecule has 0 saturated heterocycles. The second-order valence-electron chi connectivity index (χ2n) is 8.33. The second-order valence-corrected chi connectivity index (χ2v) is 8.33. The third-order valence-corrected chi connectivity index (χ3v) is 5.07. The molecule has 0 bridgehead atoms. The summed E-state index contributed by atoms with van der Waals surface area (Å²) in [5.74, 6) is -0.0663. The summed E-state index contributed by atoms with van der Waals surface area (Å²) in [6.45, 7) is 6.24. The number of nitrogens with zero attached hydrogens (tertiary/aromatic N) is 1. The van der Waals surface area contributed by atoms with Crippen LogP contribution in [0, 0.1) is 0 Å². The van der Waals surface area contributed by atoms with E-state index in [4.69, 9.17) is 0 Å². The van der Waals surface area contributed by atoms with Crippen LogP contribution >= 0.6 is 0 Å². The van der Waals surface area contributed by atoms with Gasteiger partial charge in [-0.2, -0.15) is 0 Å². The van der Waals surface area contributed by atoms with Crippen molar-refractivity contribution in [2.24, 2.45) is 0 Å². The predicted octanol–water partition coefficient (Wildman–Crippen LogP) is 4.02. The van der Waals surface area contributed by atoms with Crippen LogP contribution < -0.4 is 5.32 Å². The number of para-hydroxylation sites is 1. The molecule has 1 aromatic heterocycles. The van der Waals surface area contributed by atoms with Gasteiger partial charge in [0.1, 0.15) is 0 Å². The highest BCUT2D eigenvalue weighted by Gasteiger charge is 2.38. The number of hydrogen-bond acceptors (Lipinski definition) is 2. The van der Waals surface area contributed by atoms with E-state index in [-0.39, 0.29) is 29.8 Å². The number of H-pyrrole nitrogens is 1. The minimum Gasteiger partial charge on any atom is -0.361 e. The summed E-state index contributed by atoms with van der Waals surface area (Å²) >= 11 is 0. The van der Waals surface area contributed by atoms with E-state index in [9.17, 15) is 9.59 Å². The summed E-state index contributed by atoms with van der Waals surface area (Å²) < 4.78 is 0. The first kappa shape index (κ1) is 18.3. The van der Waals surface area contributed by atoms with Gasteiger partial charge in [0.2, 0.25) is 5.91 Å². The standard InChI is InChI=1S/C23H25N3O2/c1-23(2,3)25-20(27)12-13-26-21(16-9-4-5-10-17(16)22(26)28)18-14-24-19-11-7-6-8-15(18)19/h4-11,14,21,24H,12-13H2,1-3H3,(H,25,27). The van der Waals surface area contributed by atoms with E-state index < -0.39 is 0 Å². The molecule has 4 rings (SSSR count). The van der Waals surface area contributed by atoms with E-state index in [1.54, 1.807) is 0 Å². The number of carbonyl (C=O) groups is 2. The topological polar surface area (TPSA) is 65.2 Å². The molecule has 3 aromatic rings. The molecule has 0 saturated carbocycles. The maximum atomic E-state index is 13.1. The molecular formula is C23H25N3O2. The fourth-order valence-electron chi connectivity index (χ4n) is 3.96. The molecule has 0 aliphatic carbocycles. The van der Waals surface area contributed by atoms with Gasteiger partial charge >= 0.3 is 0 Å². The van der Waals surface area contributed by atoms with E-state index >= 15 is 0 Å². The van der Waals surface area contributed by atoms with Crippen LogP contribution in [0.15, 0.2) is 54.7 Å². The smallest absolute Gasteiger partial charge is 0.255 e. The Labute approximate surface area is 164 Å². The molecule has 2 N–H and O–H groups in total. The molecule has 1 aliphatic rings. The van der Waals surface area contributed by atoms with Gasteiger partial charge in [0.25, 0.3) is 5.91 Å². The molecule has 2 aromatic carbocycles. The Balaban J connectivity index is 1.69. The number of benzene rings is 2. The molecule has 1 unspecified atom stereocenters. The quantitative estimate of drug-likeness (QED) is 0.723. The average molecular weight is 375 g/mol. The number of aromatic amines is 1. The number of carbonyl (C=O) groups excluding carboxylic acids is 2. The highest BCUT2D eigenvalue weighted by molar-refractivity contribution is 6.01. The number of rotatable bonds is 4. The molecule has 144 valence electrons. The van der Waals surface area contributed by atoms with E-state index in [1.165, 1.54) is 0 Å². The number of hydrogen-bond donors (Lipinski definition) is 2. The largest absolute Gasteiger partial charge is 0.361 e. The van der Waals surface area contributed by atoms with E-state index in [2.05, 4.69) is 16.4 Å². The molecule has 1 atom stereocenters. The van der Waals surface area contributed by atoms with E-state index in [0.29, 0.717) is 12.1 Å². The first-order valence-corrected chi connectivity index (χ1v) is 9.62. The lowest BCUT2D eigenvalue weighted by Gasteiger charge is -2.26. The van der Waals surface area contributed by atoms with Crippen molar-refractivity contribution in [3.8, 4) is 0 Å². The van der Waals surface area contributed by atoms with Crippen molar-refractivity contribution in [3.63, 3.8) is 0 Å². The fraction of sp³-hybridized carbons (Fsp3) is 0.304. The van der Waals surface area contributed by atoms with Crippen LogP contribution in [-0.2, 0) is 4.79 Å². The molecule has 1 aliphatic heterocycles. The molecule has 5 nitrogen and oxygen atoms in total. The molecule has 2 amide bonds.